The number of hydrogen-bond donors (Lipinski definition) is 0. The van der Waals surface area contributed by atoms with E-state index in [1.807, 2.05) is 18.2 Å². The Morgan fingerprint density at radius 3 is 2.82 bits per heavy atom. The summed E-state index contributed by atoms with van der Waals surface area (Å²) in [5.41, 5.74) is -0.350. The van der Waals surface area contributed by atoms with Crippen molar-refractivity contribution >= 4 is 10.0 Å². The van der Waals surface area contributed by atoms with Crippen LogP contribution in [0.3, 0.4) is 0 Å². The van der Waals surface area contributed by atoms with Crippen molar-refractivity contribution in [3.63, 3.8) is 0 Å². The lowest BCUT2D eigenvalue weighted by atomic mass is 9.83. The third kappa shape index (κ3) is 2.41. The van der Waals surface area contributed by atoms with E-state index < -0.39 is 10.0 Å². The van der Waals surface area contributed by atoms with Gasteiger partial charge in [0.25, 0.3) is 0 Å². The molecule has 1 unspecified atom stereocenters. The summed E-state index contributed by atoms with van der Waals surface area (Å²) in [6.07, 6.45) is 4.21. The van der Waals surface area contributed by atoms with E-state index in [2.05, 4.69) is 4.98 Å². The van der Waals surface area contributed by atoms with Gasteiger partial charge in [-0.05, 0) is 25.3 Å². The van der Waals surface area contributed by atoms with Gasteiger partial charge < -0.3 is 9.47 Å². The predicted molar refractivity (Wildman–Crippen MR) is 80.0 cm³/mol. The van der Waals surface area contributed by atoms with Gasteiger partial charge in [-0.25, -0.2) is 13.4 Å². The molecule has 120 valence electrons. The maximum atomic E-state index is 12.2. The smallest absolute Gasteiger partial charge is 0.217 e. The zero-order chi connectivity index (χ0) is 15.2. The Balaban J connectivity index is 1.38. The summed E-state index contributed by atoms with van der Waals surface area (Å²) in [6.45, 7) is 2.14. The van der Waals surface area contributed by atoms with Gasteiger partial charge in [-0.15, -0.1) is 0 Å². The van der Waals surface area contributed by atoms with Gasteiger partial charge in [0.15, 0.2) is 0 Å². The van der Waals surface area contributed by atoms with Crippen LogP contribution in [0.1, 0.15) is 19.3 Å². The molecule has 22 heavy (non-hydrogen) atoms. The topological polar surface area (TPSA) is 68.7 Å². The van der Waals surface area contributed by atoms with E-state index in [4.69, 9.17) is 9.47 Å². The Hall–Kier alpha value is -1.18. The molecule has 2 saturated heterocycles. The molecule has 3 aliphatic rings. The third-order valence-corrected chi connectivity index (χ3v) is 7.16. The van der Waals surface area contributed by atoms with Crippen LogP contribution >= 0.6 is 0 Å². The molecule has 1 aromatic rings. The third-order valence-electron chi connectivity index (χ3n) is 4.86. The van der Waals surface area contributed by atoms with E-state index in [-0.39, 0.29) is 16.8 Å². The fraction of sp³-hybridized carbons (Fsp3) is 0.667. The Morgan fingerprint density at radius 2 is 2.14 bits per heavy atom. The van der Waals surface area contributed by atoms with Gasteiger partial charge in [0.05, 0.1) is 11.9 Å². The highest BCUT2D eigenvalue weighted by atomic mass is 32.2. The lowest BCUT2D eigenvalue weighted by molar-refractivity contribution is -0.107. The number of hydrogen-bond acceptors (Lipinski definition) is 5. The highest BCUT2D eigenvalue weighted by molar-refractivity contribution is 7.90. The van der Waals surface area contributed by atoms with Crippen LogP contribution in [0.4, 0.5) is 0 Å². The summed E-state index contributed by atoms with van der Waals surface area (Å²) in [6, 6.07) is 5.56. The summed E-state index contributed by atoms with van der Waals surface area (Å²) < 4.78 is 37.7. The van der Waals surface area contributed by atoms with Gasteiger partial charge in [0, 0.05) is 37.9 Å². The molecule has 1 aliphatic carbocycles. The quantitative estimate of drug-likeness (QED) is 0.809. The lowest BCUT2D eigenvalue weighted by Crippen LogP contribution is -2.67. The van der Waals surface area contributed by atoms with Gasteiger partial charge in [-0.2, -0.15) is 4.31 Å². The standard InChI is InChI=1S/C15H20N2O4S/c18-22(19,13-4-5-13)17-10-15(11-17)12(6-8-21-15)9-20-14-3-1-2-7-16-14/h1-3,7,12-13H,4-6,8-11H2. The molecule has 0 aromatic carbocycles. The average Bonchev–Trinajstić information content (AvgIpc) is 3.25. The first-order valence-electron chi connectivity index (χ1n) is 7.77. The molecule has 0 amide bonds. The molecule has 4 rings (SSSR count). The van der Waals surface area contributed by atoms with Gasteiger partial charge in [-0.3, -0.25) is 0 Å². The van der Waals surface area contributed by atoms with E-state index in [9.17, 15) is 8.42 Å². The van der Waals surface area contributed by atoms with Crippen molar-refractivity contribution < 1.29 is 17.9 Å². The number of rotatable bonds is 5. The molecule has 6 nitrogen and oxygen atoms in total. The average molecular weight is 324 g/mol. The minimum atomic E-state index is -3.08. The van der Waals surface area contributed by atoms with Crippen LogP contribution in [0.15, 0.2) is 24.4 Å². The molecule has 3 heterocycles. The molecule has 1 atom stereocenters. The molecule has 0 N–H and O–H groups in total. The zero-order valence-electron chi connectivity index (χ0n) is 12.3. The second kappa shape index (κ2) is 5.18. The van der Waals surface area contributed by atoms with Crippen LogP contribution in [-0.2, 0) is 14.8 Å². The normalized spacial score (nSPS) is 27.7. The van der Waals surface area contributed by atoms with Gasteiger partial charge >= 0.3 is 0 Å². The number of pyridine rings is 1. The van der Waals surface area contributed by atoms with Crippen molar-refractivity contribution in [1.29, 1.82) is 0 Å². The molecule has 1 saturated carbocycles. The fourth-order valence-corrected chi connectivity index (χ4v) is 5.25. The first-order valence-corrected chi connectivity index (χ1v) is 9.27. The molecule has 1 aromatic heterocycles. The van der Waals surface area contributed by atoms with Crippen LogP contribution in [-0.4, -0.2) is 54.9 Å². The number of ether oxygens (including phenoxy) is 2. The number of sulfonamides is 1. The first kappa shape index (κ1) is 14.4. The maximum Gasteiger partial charge on any atom is 0.217 e. The minimum absolute atomic E-state index is 0.144. The lowest BCUT2D eigenvalue weighted by Gasteiger charge is -2.49. The Bertz CT molecular complexity index is 639. The van der Waals surface area contributed by atoms with Gasteiger partial charge in [-0.1, -0.05) is 6.07 Å². The molecular formula is C15H20N2O4S. The summed E-state index contributed by atoms with van der Waals surface area (Å²) in [5, 5.41) is -0.144. The van der Waals surface area contributed by atoms with Crippen molar-refractivity contribution in [1.82, 2.24) is 9.29 Å². The van der Waals surface area contributed by atoms with Crippen LogP contribution in [0.2, 0.25) is 0 Å². The van der Waals surface area contributed by atoms with E-state index in [0.717, 1.165) is 19.3 Å². The molecule has 3 fully saturated rings. The van der Waals surface area contributed by atoms with Crippen molar-refractivity contribution in [3.8, 4) is 5.88 Å². The largest absolute Gasteiger partial charge is 0.477 e. The van der Waals surface area contributed by atoms with E-state index in [1.54, 1.807) is 10.5 Å². The van der Waals surface area contributed by atoms with Crippen molar-refractivity contribution in [2.75, 3.05) is 26.3 Å². The molecule has 7 heteroatoms. The monoisotopic (exact) mass is 324 g/mol. The number of aromatic nitrogens is 1. The van der Waals surface area contributed by atoms with Crippen LogP contribution < -0.4 is 4.74 Å². The SMILES string of the molecule is O=S(=O)(C1CC1)N1CC2(C1)OCCC2COc1ccccn1. The number of nitrogens with zero attached hydrogens (tertiary/aromatic N) is 2. The summed E-state index contributed by atoms with van der Waals surface area (Å²) in [5.74, 6) is 0.825. The molecule has 0 bridgehead atoms. The second-order valence-electron chi connectivity index (χ2n) is 6.39. The Morgan fingerprint density at radius 1 is 1.32 bits per heavy atom. The molecule has 0 radical (unpaired) electrons. The highest BCUT2D eigenvalue weighted by Crippen LogP contribution is 2.44. The van der Waals surface area contributed by atoms with E-state index in [1.165, 1.54) is 0 Å². The summed E-state index contributed by atoms with van der Waals surface area (Å²) in [4.78, 5) is 4.15. The van der Waals surface area contributed by atoms with Crippen molar-refractivity contribution in [3.05, 3.63) is 24.4 Å². The highest BCUT2D eigenvalue weighted by Gasteiger charge is 2.58. The predicted octanol–water partition coefficient (Wildman–Crippen LogP) is 1.04. The van der Waals surface area contributed by atoms with E-state index >= 15 is 0 Å². The van der Waals surface area contributed by atoms with Crippen molar-refractivity contribution in [2.45, 2.75) is 30.1 Å². The van der Waals surface area contributed by atoms with Crippen LogP contribution in [0, 0.1) is 5.92 Å². The summed E-state index contributed by atoms with van der Waals surface area (Å²) >= 11 is 0. The second-order valence-corrected chi connectivity index (χ2v) is 8.60. The molecule has 2 aliphatic heterocycles. The maximum absolute atomic E-state index is 12.2. The van der Waals surface area contributed by atoms with Gasteiger partial charge in [0.1, 0.15) is 5.60 Å². The fourth-order valence-electron chi connectivity index (χ4n) is 3.30. The van der Waals surface area contributed by atoms with Gasteiger partial charge in [0.2, 0.25) is 15.9 Å². The minimum Gasteiger partial charge on any atom is -0.477 e. The van der Waals surface area contributed by atoms with Crippen LogP contribution in [0.5, 0.6) is 5.88 Å². The van der Waals surface area contributed by atoms with Crippen LogP contribution in [0.25, 0.3) is 0 Å². The first-order chi connectivity index (χ1) is 10.6. The van der Waals surface area contributed by atoms with Crippen molar-refractivity contribution in [2.24, 2.45) is 5.92 Å². The Labute approximate surface area is 130 Å². The Kier molecular flexibility index (Phi) is 3.39. The molecular weight excluding hydrogens is 304 g/mol. The zero-order valence-corrected chi connectivity index (χ0v) is 13.2. The summed E-state index contributed by atoms with van der Waals surface area (Å²) in [7, 11) is -3.08. The molecule has 1 spiro atoms. The van der Waals surface area contributed by atoms with E-state index in [0.29, 0.717) is 32.2 Å².